The number of amides is 1. The van der Waals surface area contributed by atoms with Crippen molar-refractivity contribution in [3.05, 3.63) is 36.3 Å². The molecule has 3 heterocycles. The third-order valence-corrected chi connectivity index (χ3v) is 4.23. The fourth-order valence-electron chi connectivity index (χ4n) is 2.85. The van der Waals surface area contributed by atoms with Gasteiger partial charge in [0, 0.05) is 44.6 Å². The Morgan fingerprint density at radius 1 is 1.38 bits per heavy atom. The molecule has 7 nitrogen and oxygen atoms in total. The standard InChI is InChI=1S/C17H23N5O2/c1-21-8-5-15(6-9-21)24-17(23)19-10-13-4-3-7-18-16(13)14-11-20-22(2)12-14/h3-4,7,11-12,15H,5-6,8-10H2,1-2H3,(H,19,23). The maximum Gasteiger partial charge on any atom is 0.407 e. The van der Waals surface area contributed by atoms with Crippen LogP contribution in [0, 0.1) is 0 Å². The van der Waals surface area contributed by atoms with Crippen molar-refractivity contribution in [3.63, 3.8) is 0 Å². The summed E-state index contributed by atoms with van der Waals surface area (Å²) in [5, 5.41) is 7.01. The Balaban J connectivity index is 1.58. The molecule has 7 heteroatoms. The second kappa shape index (κ2) is 7.44. The Kier molecular flexibility index (Phi) is 5.10. The predicted octanol–water partition coefficient (Wildman–Crippen LogP) is 1.80. The smallest absolute Gasteiger partial charge is 0.407 e. The number of piperidine rings is 1. The summed E-state index contributed by atoms with van der Waals surface area (Å²) in [5.41, 5.74) is 2.69. The van der Waals surface area contributed by atoms with Crippen LogP contribution in [0.1, 0.15) is 18.4 Å². The van der Waals surface area contributed by atoms with Crippen LogP contribution in [0.25, 0.3) is 11.3 Å². The van der Waals surface area contributed by atoms with Crippen molar-refractivity contribution in [1.29, 1.82) is 0 Å². The highest BCUT2D eigenvalue weighted by Gasteiger charge is 2.20. The molecule has 1 aliphatic heterocycles. The van der Waals surface area contributed by atoms with Crippen molar-refractivity contribution >= 4 is 6.09 Å². The van der Waals surface area contributed by atoms with Crippen LogP contribution in [0.5, 0.6) is 0 Å². The Morgan fingerprint density at radius 3 is 2.88 bits per heavy atom. The van der Waals surface area contributed by atoms with E-state index in [1.165, 1.54) is 0 Å². The molecule has 2 aromatic rings. The average molecular weight is 329 g/mol. The molecule has 0 radical (unpaired) electrons. The minimum Gasteiger partial charge on any atom is -0.446 e. The Labute approximate surface area is 141 Å². The van der Waals surface area contributed by atoms with Gasteiger partial charge in [0.05, 0.1) is 11.9 Å². The lowest BCUT2D eigenvalue weighted by Crippen LogP contribution is -2.37. The fraction of sp³-hybridized carbons (Fsp3) is 0.471. The minimum atomic E-state index is -0.370. The van der Waals surface area contributed by atoms with Gasteiger partial charge in [-0.25, -0.2) is 4.79 Å². The molecule has 1 fully saturated rings. The zero-order valence-corrected chi connectivity index (χ0v) is 14.1. The van der Waals surface area contributed by atoms with Crippen LogP contribution in [-0.4, -0.2) is 52.0 Å². The summed E-state index contributed by atoms with van der Waals surface area (Å²) >= 11 is 0. The van der Waals surface area contributed by atoms with Crippen LogP contribution in [0.2, 0.25) is 0 Å². The van der Waals surface area contributed by atoms with Crippen molar-refractivity contribution in [3.8, 4) is 11.3 Å². The molecule has 0 aromatic carbocycles. The van der Waals surface area contributed by atoms with Crippen LogP contribution in [-0.2, 0) is 18.3 Å². The van der Waals surface area contributed by atoms with E-state index in [1.807, 2.05) is 25.4 Å². The van der Waals surface area contributed by atoms with Gasteiger partial charge in [-0.15, -0.1) is 0 Å². The number of nitrogens with zero attached hydrogens (tertiary/aromatic N) is 4. The van der Waals surface area contributed by atoms with Crippen LogP contribution >= 0.6 is 0 Å². The lowest BCUT2D eigenvalue weighted by atomic mass is 10.1. The Bertz CT molecular complexity index is 692. The molecular weight excluding hydrogens is 306 g/mol. The third kappa shape index (κ3) is 4.11. The fourth-order valence-corrected chi connectivity index (χ4v) is 2.85. The lowest BCUT2D eigenvalue weighted by molar-refractivity contribution is 0.0569. The molecule has 2 aromatic heterocycles. The SMILES string of the molecule is CN1CCC(OC(=O)NCc2cccnc2-c2cnn(C)c2)CC1. The summed E-state index contributed by atoms with van der Waals surface area (Å²) in [6.07, 6.45) is 6.82. The number of alkyl carbamates (subject to hydrolysis) is 1. The van der Waals surface area contributed by atoms with E-state index in [0.717, 1.165) is 42.8 Å². The van der Waals surface area contributed by atoms with Crippen molar-refractivity contribution in [2.75, 3.05) is 20.1 Å². The highest BCUT2D eigenvalue weighted by molar-refractivity contribution is 5.68. The average Bonchev–Trinajstić information content (AvgIpc) is 3.02. The van der Waals surface area contributed by atoms with Crippen molar-refractivity contribution in [2.45, 2.75) is 25.5 Å². The molecule has 1 N–H and O–H groups in total. The van der Waals surface area contributed by atoms with E-state index in [4.69, 9.17) is 4.74 Å². The van der Waals surface area contributed by atoms with E-state index in [0.29, 0.717) is 6.54 Å². The van der Waals surface area contributed by atoms with Gasteiger partial charge in [-0.1, -0.05) is 6.07 Å². The number of hydrogen-bond acceptors (Lipinski definition) is 5. The van der Waals surface area contributed by atoms with E-state index in [1.54, 1.807) is 17.1 Å². The molecule has 1 saturated heterocycles. The van der Waals surface area contributed by atoms with Crippen molar-refractivity contribution in [1.82, 2.24) is 25.0 Å². The number of rotatable bonds is 4. The molecule has 1 aliphatic rings. The molecule has 0 saturated carbocycles. The molecule has 0 aliphatic carbocycles. The summed E-state index contributed by atoms with van der Waals surface area (Å²) < 4.78 is 7.23. The van der Waals surface area contributed by atoms with Gasteiger partial charge in [0.2, 0.25) is 0 Å². The number of nitrogens with one attached hydrogen (secondary N) is 1. The lowest BCUT2D eigenvalue weighted by Gasteiger charge is -2.28. The van der Waals surface area contributed by atoms with Gasteiger partial charge in [-0.3, -0.25) is 9.67 Å². The van der Waals surface area contributed by atoms with Crippen LogP contribution < -0.4 is 5.32 Å². The minimum absolute atomic E-state index is 0.00731. The second-order valence-electron chi connectivity index (χ2n) is 6.18. The van der Waals surface area contributed by atoms with Gasteiger partial charge in [0.25, 0.3) is 0 Å². The molecule has 3 rings (SSSR count). The normalized spacial score (nSPS) is 16.1. The largest absolute Gasteiger partial charge is 0.446 e. The first-order chi connectivity index (χ1) is 11.6. The van der Waals surface area contributed by atoms with Crippen molar-refractivity contribution in [2.24, 2.45) is 7.05 Å². The monoisotopic (exact) mass is 329 g/mol. The van der Waals surface area contributed by atoms with Gasteiger partial charge in [-0.05, 0) is 31.5 Å². The zero-order chi connectivity index (χ0) is 16.9. The third-order valence-electron chi connectivity index (χ3n) is 4.23. The van der Waals surface area contributed by atoms with Crippen LogP contribution in [0.4, 0.5) is 4.79 Å². The Hall–Kier alpha value is -2.41. The molecule has 0 unspecified atom stereocenters. The van der Waals surface area contributed by atoms with Gasteiger partial charge in [0.1, 0.15) is 6.10 Å². The topological polar surface area (TPSA) is 72.3 Å². The summed E-state index contributed by atoms with van der Waals surface area (Å²) in [4.78, 5) is 18.7. The maximum absolute atomic E-state index is 12.0. The summed E-state index contributed by atoms with van der Waals surface area (Å²) in [6, 6.07) is 3.81. The van der Waals surface area contributed by atoms with Gasteiger partial charge in [-0.2, -0.15) is 5.10 Å². The molecule has 0 bridgehead atoms. The molecule has 0 atom stereocenters. The number of ether oxygens (including phenoxy) is 1. The zero-order valence-electron chi connectivity index (χ0n) is 14.1. The van der Waals surface area contributed by atoms with Crippen molar-refractivity contribution < 1.29 is 9.53 Å². The number of carbonyl (C=O) groups excluding carboxylic acids is 1. The van der Waals surface area contributed by atoms with Gasteiger partial charge in [0.15, 0.2) is 0 Å². The highest BCUT2D eigenvalue weighted by Crippen LogP contribution is 2.20. The first-order valence-corrected chi connectivity index (χ1v) is 8.18. The summed E-state index contributed by atoms with van der Waals surface area (Å²) in [5.74, 6) is 0. The summed E-state index contributed by atoms with van der Waals surface area (Å²) in [7, 11) is 3.95. The molecule has 0 spiro atoms. The molecule has 24 heavy (non-hydrogen) atoms. The number of likely N-dealkylation sites (tertiary alicyclic amines) is 1. The van der Waals surface area contributed by atoms with E-state index in [2.05, 4.69) is 27.3 Å². The first-order valence-electron chi connectivity index (χ1n) is 8.18. The quantitative estimate of drug-likeness (QED) is 0.926. The number of carbonyl (C=O) groups is 1. The number of aryl methyl sites for hydroxylation is 1. The molecular formula is C17H23N5O2. The van der Waals surface area contributed by atoms with Gasteiger partial charge >= 0.3 is 6.09 Å². The van der Waals surface area contributed by atoms with E-state index < -0.39 is 0 Å². The summed E-state index contributed by atoms with van der Waals surface area (Å²) in [6.45, 7) is 2.31. The van der Waals surface area contributed by atoms with Gasteiger partial charge < -0.3 is 15.0 Å². The predicted molar refractivity (Wildman–Crippen MR) is 90.3 cm³/mol. The number of aromatic nitrogens is 3. The van der Waals surface area contributed by atoms with Crippen LogP contribution in [0.3, 0.4) is 0 Å². The van der Waals surface area contributed by atoms with E-state index >= 15 is 0 Å². The van der Waals surface area contributed by atoms with Crippen LogP contribution in [0.15, 0.2) is 30.7 Å². The Morgan fingerprint density at radius 2 is 2.17 bits per heavy atom. The number of pyridine rings is 1. The maximum atomic E-state index is 12.0. The van der Waals surface area contributed by atoms with E-state index in [-0.39, 0.29) is 12.2 Å². The second-order valence-corrected chi connectivity index (χ2v) is 6.18. The van der Waals surface area contributed by atoms with E-state index in [9.17, 15) is 4.79 Å². The molecule has 128 valence electrons. The highest BCUT2D eigenvalue weighted by atomic mass is 16.6. The number of hydrogen-bond donors (Lipinski definition) is 1. The first kappa shape index (κ1) is 16.4. The molecule has 1 amide bonds.